The van der Waals surface area contributed by atoms with Crippen LogP contribution in [0.3, 0.4) is 0 Å². The summed E-state index contributed by atoms with van der Waals surface area (Å²) in [5, 5.41) is 2.58. The molecule has 0 radical (unpaired) electrons. The number of allylic oxidation sites excluding steroid dienone is 1. The van der Waals surface area contributed by atoms with Crippen LogP contribution in [0.1, 0.15) is 24.1 Å². The highest BCUT2D eigenvalue weighted by atomic mass is 32.1. The standard InChI is InChI=1S/C13H14N2S/c1-10(11-5-3-2-4-6-11)7-8-12-9-16-13(14)15-12/h2-10H,1H3,(H2,14,15)/b8-7+. The lowest BCUT2D eigenvalue weighted by Gasteiger charge is -2.04. The van der Waals surface area contributed by atoms with Gasteiger partial charge in [-0.15, -0.1) is 11.3 Å². The van der Waals surface area contributed by atoms with E-state index in [-0.39, 0.29) is 0 Å². The molecule has 1 atom stereocenters. The molecule has 0 fully saturated rings. The fourth-order valence-electron chi connectivity index (χ4n) is 1.49. The molecule has 0 aliphatic rings. The Hall–Kier alpha value is -1.61. The Morgan fingerprint density at radius 2 is 2.06 bits per heavy atom. The number of nitrogens with zero attached hydrogens (tertiary/aromatic N) is 1. The highest BCUT2D eigenvalue weighted by Crippen LogP contribution is 2.18. The molecular formula is C13H14N2S. The van der Waals surface area contributed by atoms with Crippen LogP contribution in [0.5, 0.6) is 0 Å². The van der Waals surface area contributed by atoms with E-state index < -0.39 is 0 Å². The largest absolute Gasteiger partial charge is 0.375 e. The lowest BCUT2D eigenvalue weighted by atomic mass is 10.0. The molecule has 1 aromatic carbocycles. The van der Waals surface area contributed by atoms with Crippen molar-refractivity contribution in [3.8, 4) is 0 Å². The first-order valence-corrected chi connectivity index (χ1v) is 6.08. The number of aromatic nitrogens is 1. The summed E-state index contributed by atoms with van der Waals surface area (Å²) in [5.74, 6) is 0.393. The number of benzene rings is 1. The van der Waals surface area contributed by atoms with Gasteiger partial charge < -0.3 is 5.73 Å². The van der Waals surface area contributed by atoms with Crippen LogP contribution in [0.4, 0.5) is 5.13 Å². The second-order valence-electron chi connectivity index (χ2n) is 3.67. The quantitative estimate of drug-likeness (QED) is 0.875. The maximum Gasteiger partial charge on any atom is 0.180 e. The second kappa shape index (κ2) is 4.94. The van der Waals surface area contributed by atoms with Gasteiger partial charge in [-0.05, 0) is 17.6 Å². The topological polar surface area (TPSA) is 38.9 Å². The number of nitrogen functional groups attached to an aromatic ring is 1. The van der Waals surface area contributed by atoms with Gasteiger partial charge in [-0.1, -0.05) is 43.3 Å². The second-order valence-corrected chi connectivity index (χ2v) is 4.56. The summed E-state index contributed by atoms with van der Waals surface area (Å²) in [6.45, 7) is 2.17. The summed E-state index contributed by atoms with van der Waals surface area (Å²) in [6, 6.07) is 10.4. The van der Waals surface area contributed by atoms with Gasteiger partial charge in [0.1, 0.15) is 0 Å². The first-order valence-electron chi connectivity index (χ1n) is 5.20. The number of rotatable bonds is 3. The Kier molecular flexibility index (Phi) is 3.37. The maximum atomic E-state index is 5.57. The Balaban J connectivity index is 2.08. The molecule has 0 spiro atoms. The summed E-state index contributed by atoms with van der Waals surface area (Å²) < 4.78 is 0. The summed E-state index contributed by atoms with van der Waals surface area (Å²) in [4.78, 5) is 4.19. The smallest absolute Gasteiger partial charge is 0.180 e. The molecular weight excluding hydrogens is 216 g/mol. The van der Waals surface area contributed by atoms with Crippen molar-refractivity contribution >= 4 is 22.5 Å². The number of hydrogen-bond donors (Lipinski definition) is 1. The Morgan fingerprint density at radius 1 is 1.31 bits per heavy atom. The molecule has 1 unspecified atom stereocenters. The highest BCUT2D eigenvalue weighted by Gasteiger charge is 2.00. The van der Waals surface area contributed by atoms with Gasteiger partial charge >= 0.3 is 0 Å². The molecule has 2 nitrogen and oxygen atoms in total. The van der Waals surface area contributed by atoms with E-state index in [2.05, 4.69) is 42.2 Å². The van der Waals surface area contributed by atoms with Crippen molar-refractivity contribution in [1.82, 2.24) is 4.98 Å². The first-order chi connectivity index (χ1) is 7.75. The van der Waals surface area contributed by atoms with Gasteiger partial charge in [-0.25, -0.2) is 4.98 Å². The minimum Gasteiger partial charge on any atom is -0.375 e. The molecule has 16 heavy (non-hydrogen) atoms. The van der Waals surface area contributed by atoms with Crippen LogP contribution in [-0.4, -0.2) is 4.98 Å². The predicted molar refractivity (Wildman–Crippen MR) is 70.4 cm³/mol. The maximum absolute atomic E-state index is 5.57. The number of hydrogen-bond acceptors (Lipinski definition) is 3. The van der Waals surface area contributed by atoms with Crippen molar-refractivity contribution in [2.75, 3.05) is 5.73 Å². The lowest BCUT2D eigenvalue weighted by Crippen LogP contribution is -1.87. The van der Waals surface area contributed by atoms with E-state index in [9.17, 15) is 0 Å². The van der Waals surface area contributed by atoms with E-state index in [4.69, 9.17) is 5.73 Å². The number of anilines is 1. The average molecular weight is 230 g/mol. The summed E-state index contributed by atoms with van der Waals surface area (Å²) in [5.41, 5.74) is 7.81. The molecule has 1 heterocycles. The van der Waals surface area contributed by atoms with Crippen LogP contribution in [0.2, 0.25) is 0 Å². The van der Waals surface area contributed by atoms with E-state index in [0.717, 1.165) is 5.69 Å². The fourth-order valence-corrected chi connectivity index (χ4v) is 2.02. The fraction of sp³-hybridized carbons (Fsp3) is 0.154. The van der Waals surface area contributed by atoms with Gasteiger partial charge in [-0.3, -0.25) is 0 Å². The van der Waals surface area contributed by atoms with E-state index >= 15 is 0 Å². The molecule has 0 aliphatic carbocycles. The Bertz CT molecular complexity index is 474. The third-order valence-corrected chi connectivity index (χ3v) is 3.11. The van der Waals surface area contributed by atoms with Crippen molar-refractivity contribution in [3.63, 3.8) is 0 Å². The zero-order valence-corrected chi connectivity index (χ0v) is 9.95. The lowest BCUT2D eigenvalue weighted by molar-refractivity contribution is 0.972. The monoisotopic (exact) mass is 230 g/mol. The minimum atomic E-state index is 0.393. The van der Waals surface area contributed by atoms with E-state index in [1.165, 1.54) is 16.9 Å². The van der Waals surface area contributed by atoms with E-state index in [1.807, 2.05) is 17.5 Å². The molecule has 0 bridgehead atoms. The van der Waals surface area contributed by atoms with Crippen molar-refractivity contribution in [2.45, 2.75) is 12.8 Å². The van der Waals surface area contributed by atoms with Crippen molar-refractivity contribution in [1.29, 1.82) is 0 Å². The molecule has 0 saturated heterocycles. The molecule has 82 valence electrons. The van der Waals surface area contributed by atoms with Crippen LogP contribution in [0.15, 0.2) is 41.8 Å². The molecule has 2 aromatic rings. The minimum absolute atomic E-state index is 0.393. The van der Waals surface area contributed by atoms with E-state index in [1.54, 1.807) is 0 Å². The van der Waals surface area contributed by atoms with Crippen molar-refractivity contribution in [3.05, 3.63) is 53.0 Å². The Morgan fingerprint density at radius 3 is 2.69 bits per heavy atom. The average Bonchev–Trinajstić information content (AvgIpc) is 2.73. The first kappa shape index (κ1) is 10.9. The predicted octanol–water partition coefficient (Wildman–Crippen LogP) is 3.54. The van der Waals surface area contributed by atoms with Gasteiger partial charge in [0.05, 0.1) is 5.69 Å². The molecule has 2 N–H and O–H groups in total. The number of nitrogens with two attached hydrogens (primary N) is 1. The SMILES string of the molecule is CC(/C=C/c1csc(N)n1)c1ccccc1. The van der Waals surface area contributed by atoms with Crippen LogP contribution in [-0.2, 0) is 0 Å². The zero-order valence-electron chi connectivity index (χ0n) is 9.13. The summed E-state index contributed by atoms with van der Waals surface area (Å²) in [6.07, 6.45) is 4.16. The van der Waals surface area contributed by atoms with Crippen molar-refractivity contribution in [2.24, 2.45) is 0 Å². The third-order valence-electron chi connectivity index (χ3n) is 2.42. The van der Waals surface area contributed by atoms with Crippen LogP contribution in [0.25, 0.3) is 6.08 Å². The molecule has 0 aliphatic heterocycles. The van der Waals surface area contributed by atoms with Gasteiger partial charge in [0.25, 0.3) is 0 Å². The Labute approximate surface area is 99.5 Å². The zero-order chi connectivity index (χ0) is 11.4. The van der Waals surface area contributed by atoms with Crippen molar-refractivity contribution < 1.29 is 0 Å². The molecule has 0 saturated carbocycles. The van der Waals surface area contributed by atoms with Crippen LogP contribution < -0.4 is 5.73 Å². The summed E-state index contributed by atoms with van der Waals surface area (Å²) >= 11 is 1.47. The third kappa shape index (κ3) is 2.70. The number of thiazole rings is 1. The normalized spacial score (nSPS) is 13.1. The summed E-state index contributed by atoms with van der Waals surface area (Å²) in [7, 11) is 0. The van der Waals surface area contributed by atoms with Crippen LogP contribution >= 0.6 is 11.3 Å². The molecule has 1 aromatic heterocycles. The van der Waals surface area contributed by atoms with Crippen LogP contribution in [0, 0.1) is 0 Å². The highest BCUT2D eigenvalue weighted by molar-refractivity contribution is 7.13. The molecule has 3 heteroatoms. The van der Waals surface area contributed by atoms with Gasteiger partial charge in [0.15, 0.2) is 5.13 Å². The molecule has 0 amide bonds. The van der Waals surface area contributed by atoms with Gasteiger partial charge in [0, 0.05) is 5.38 Å². The van der Waals surface area contributed by atoms with Gasteiger partial charge in [0.2, 0.25) is 0 Å². The van der Waals surface area contributed by atoms with Gasteiger partial charge in [-0.2, -0.15) is 0 Å². The molecule has 2 rings (SSSR count). The van der Waals surface area contributed by atoms with E-state index in [0.29, 0.717) is 11.0 Å².